The van der Waals surface area contributed by atoms with Crippen molar-refractivity contribution in [2.75, 3.05) is 11.9 Å². The second-order valence-electron chi connectivity index (χ2n) is 7.93. The summed E-state index contributed by atoms with van der Waals surface area (Å²) in [5, 5.41) is 3.04. The monoisotopic (exact) mass is 383 g/mol. The quantitative estimate of drug-likeness (QED) is 0.607. The van der Waals surface area contributed by atoms with Gasteiger partial charge in [0.25, 0.3) is 5.91 Å². The van der Waals surface area contributed by atoms with E-state index in [4.69, 9.17) is 9.47 Å². The van der Waals surface area contributed by atoms with E-state index >= 15 is 0 Å². The molecule has 0 aromatic heterocycles. The summed E-state index contributed by atoms with van der Waals surface area (Å²) in [6.07, 6.45) is 0.670. The van der Waals surface area contributed by atoms with E-state index in [9.17, 15) is 4.79 Å². The van der Waals surface area contributed by atoms with Crippen molar-refractivity contribution < 1.29 is 14.3 Å². The molecule has 0 unspecified atom stereocenters. The molecule has 0 spiro atoms. The molecule has 2 rings (SSSR count). The van der Waals surface area contributed by atoms with Gasteiger partial charge in [0, 0.05) is 12.3 Å². The van der Waals surface area contributed by atoms with Gasteiger partial charge in [-0.25, -0.2) is 0 Å². The van der Waals surface area contributed by atoms with Gasteiger partial charge in [-0.1, -0.05) is 44.2 Å². The van der Waals surface area contributed by atoms with Gasteiger partial charge in [-0.15, -0.1) is 0 Å². The smallest absolute Gasteiger partial charge is 0.256 e. The maximum absolute atomic E-state index is 12.9. The van der Waals surface area contributed by atoms with Crippen LogP contribution in [0.3, 0.4) is 0 Å². The Bertz CT molecular complexity index is 763. The second kappa shape index (κ2) is 9.74. The van der Waals surface area contributed by atoms with Gasteiger partial charge >= 0.3 is 0 Å². The minimum Gasteiger partial charge on any atom is -0.488 e. The first-order chi connectivity index (χ1) is 13.2. The van der Waals surface area contributed by atoms with Crippen molar-refractivity contribution >= 4 is 11.6 Å². The molecule has 0 bridgehead atoms. The lowest BCUT2D eigenvalue weighted by Crippen LogP contribution is -2.44. The van der Waals surface area contributed by atoms with Gasteiger partial charge in [0.05, 0.1) is 0 Å². The zero-order valence-electron chi connectivity index (χ0n) is 18.0. The van der Waals surface area contributed by atoms with E-state index in [1.165, 1.54) is 0 Å². The molecule has 4 heteroatoms. The van der Waals surface area contributed by atoms with Crippen LogP contribution in [0, 0.1) is 19.8 Å². The molecule has 152 valence electrons. The molecule has 0 fully saturated rings. The maximum Gasteiger partial charge on any atom is 0.256 e. The number of amides is 1. The third kappa shape index (κ3) is 5.83. The summed E-state index contributed by atoms with van der Waals surface area (Å²) < 4.78 is 11.8. The highest BCUT2D eigenvalue weighted by atomic mass is 16.5. The Morgan fingerprint density at radius 2 is 1.71 bits per heavy atom. The van der Waals surface area contributed by atoms with E-state index in [0.29, 0.717) is 25.6 Å². The van der Waals surface area contributed by atoms with E-state index in [-0.39, 0.29) is 5.91 Å². The fourth-order valence-corrected chi connectivity index (χ4v) is 3.56. The highest BCUT2D eigenvalue weighted by Crippen LogP contribution is 2.29. The first-order valence-corrected chi connectivity index (χ1v) is 9.98. The third-order valence-electron chi connectivity index (χ3n) is 4.69. The van der Waals surface area contributed by atoms with Crippen LogP contribution in [-0.4, -0.2) is 18.1 Å². The highest BCUT2D eigenvalue weighted by Gasteiger charge is 2.34. The van der Waals surface area contributed by atoms with Crippen LogP contribution in [0.1, 0.15) is 50.8 Å². The molecule has 1 N–H and O–H groups in total. The fraction of sp³-hybridized carbons (Fsp3) is 0.458. The summed E-state index contributed by atoms with van der Waals surface area (Å²) in [6.45, 7) is 13.0. The summed E-state index contributed by atoms with van der Waals surface area (Å²) in [4.78, 5) is 12.9. The van der Waals surface area contributed by atoms with Crippen molar-refractivity contribution in [3.05, 3.63) is 59.2 Å². The molecule has 1 atom stereocenters. The van der Waals surface area contributed by atoms with Gasteiger partial charge in [-0.2, -0.15) is 0 Å². The van der Waals surface area contributed by atoms with Gasteiger partial charge in [0.15, 0.2) is 0 Å². The van der Waals surface area contributed by atoms with Gasteiger partial charge in [-0.3, -0.25) is 4.79 Å². The number of aryl methyl sites for hydroxylation is 2. The van der Waals surface area contributed by atoms with Crippen molar-refractivity contribution in [1.82, 2.24) is 0 Å². The van der Waals surface area contributed by atoms with Crippen LogP contribution in [0.2, 0.25) is 0 Å². The zero-order chi connectivity index (χ0) is 20.7. The predicted octanol–water partition coefficient (Wildman–Crippen LogP) is 5.66. The van der Waals surface area contributed by atoms with Crippen LogP contribution < -0.4 is 10.1 Å². The van der Waals surface area contributed by atoms with Crippen LogP contribution in [0.25, 0.3) is 0 Å². The standard InChI is InChI=1S/C24H33NO3/c1-7-28-24(6,15-17(2)3)23(26)25-21-13-18(4)22(19(5)14-21)27-16-20-11-9-8-10-12-20/h8-14,17H,7,15-16H2,1-6H3,(H,25,26)/t24-/m0/s1. The summed E-state index contributed by atoms with van der Waals surface area (Å²) in [5.74, 6) is 1.11. The van der Waals surface area contributed by atoms with E-state index in [0.717, 1.165) is 28.1 Å². The predicted molar refractivity (Wildman–Crippen MR) is 115 cm³/mol. The van der Waals surface area contributed by atoms with Crippen LogP contribution >= 0.6 is 0 Å². The Labute approximate surface area is 169 Å². The Hall–Kier alpha value is -2.33. The normalized spacial score (nSPS) is 13.2. The van der Waals surface area contributed by atoms with Crippen molar-refractivity contribution in [1.29, 1.82) is 0 Å². The Morgan fingerprint density at radius 3 is 2.25 bits per heavy atom. The van der Waals surface area contributed by atoms with Gasteiger partial charge in [0.2, 0.25) is 0 Å². The number of carbonyl (C=O) groups excluding carboxylic acids is 1. The molecule has 0 aliphatic carbocycles. The second-order valence-corrected chi connectivity index (χ2v) is 7.93. The molecule has 4 nitrogen and oxygen atoms in total. The fourth-order valence-electron chi connectivity index (χ4n) is 3.56. The molecule has 0 aliphatic rings. The number of rotatable bonds is 9. The molecular weight excluding hydrogens is 350 g/mol. The number of ether oxygens (including phenoxy) is 2. The van der Waals surface area contributed by atoms with Crippen LogP contribution in [0.15, 0.2) is 42.5 Å². The first kappa shape index (κ1) is 22.0. The van der Waals surface area contributed by atoms with Crippen molar-refractivity contribution in [3.63, 3.8) is 0 Å². The number of nitrogens with one attached hydrogen (secondary N) is 1. The minimum atomic E-state index is -0.840. The number of hydrogen-bond donors (Lipinski definition) is 1. The summed E-state index contributed by atoms with van der Waals surface area (Å²) >= 11 is 0. The zero-order valence-corrected chi connectivity index (χ0v) is 18.0. The molecule has 0 radical (unpaired) electrons. The number of anilines is 1. The average Bonchev–Trinajstić information content (AvgIpc) is 2.61. The van der Waals surface area contributed by atoms with Gasteiger partial charge in [-0.05, 0) is 68.9 Å². The number of hydrogen-bond acceptors (Lipinski definition) is 3. The summed E-state index contributed by atoms with van der Waals surface area (Å²) in [5.41, 5.74) is 3.04. The summed E-state index contributed by atoms with van der Waals surface area (Å²) in [7, 11) is 0. The Morgan fingerprint density at radius 1 is 1.11 bits per heavy atom. The van der Waals surface area contributed by atoms with Gasteiger partial charge < -0.3 is 14.8 Å². The average molecular weight is 384 g/mol. The number of benzene rings is 2. The molecule has 1 amide bonds. The minimum absolute atomic E-state index is 0.111. The van der Waals surface area contributed by atoms with E-state index in [2.05, 4.69) is 19.2 Å². The Kier molecular flexibility index (Phi) is 7.64. The van der Waals surface area contributed by atoms with Crippen LogP contribution in [0.5, 0.6) is 5.75 Å². The topological polar surface area (TPSA) is 47.6 Å². The molecule has 2 aromatic rings. The molecule has 0 heterocycles. The first-order valence-electron chi connectivity index (χ1n) is 9.98. The highest BCUT2D eigenvalue weighted by molar-refractivity contribution is 5.97. The molecule has 2 aromatic carbocycles. The van der Waals surface area contributed by atoms with Crippen molar-refractivity contribution in [3.8, 4) is 5.75 Å². The Balaban J connectivity index is 2.13. The molecule has 0 saturated heterocycles. The molecular formula is C24H33NO3. The largest absolute Gasteiger partial charge is 0.488 e. The van der Waals surface area contributed by atoms with E-state index < -0.39 is 5.60 Å². The van der Waals surface area contributed by atoms with Gasteiger partial charge in [0.1, 0.15) is 18.0 Å². The van der Waals surface area contributed by atoms with Crippen LogP contribution in [-0.2, 0) is 16.1 Å². The molecule has 28 heavy (non-hydrogen) atoms. The maximum atomic E-state index is 12.9. The van der Waals surface area contributed by atoms with E-state index in [1.54, 1.807) is 0 Å². The number of carbonyl (C=O) groups is 1. The molecule has 0 aliphatic heterocycles. The van der Waals surface area contributed by atoms with Crippen molar-refractivity contribution in [2.45, 2.75) is 60.2 Å². The third-order valence-corrected chi connectivity index (χ3v) is 4.69. The lowest BCUT2D eigenvalue weighted by Gasteiger charge is -2.30. The molecule has 0 saturated carbocycles. The lowest BCUT2D eigenvalue weighted by molar-refractivity contribution is -0.140. The van der Waals surface area contributed by atoms with Crippen LogP contribution in [0.4, 0.5) is 5.69 Å². The SMILES string of the molecule is CCO[C@@](C)(CC(C)C)C(=O)Nc1cc(C)c(OCc2ccccc2)c(C)c1. The van der Waals surface area contributed by atoms with E-state index in [1.807, 2.05) is 70.2 Å². The lowest BCUT2D eigenvalue weighted by atomic mass is 9.93. The van der Waals surface area contributed by atoms with Crippen molar-refractivity contribution in [2.24, 2.45) is 5.92 Å². The summed E-state index contributed by atoms with van der Waals surface area (Å²) in [6, 6.07) is 14.0.